The van der Waals surface area contributed by atoms with Gasteiger partial charge < -0.3 is 0 Å². The summed E-state index contributed by atoms with van der Waals surface area (Å²) < 4.78 is 0. The Morgan fingerprint density at radius 1 is 0.333 bits per heavy atom. The van der Waals surface area contributed by atoms with Crippen molar-refractivity contribution in [3.8, 4) is 44.8 Å². The molecule has 0 aliphatic rings. The molecule has 0 aliphatic heterocycles. The van der Waals surface area contributed by atoms with Gasteiger partial charge in [0.15, 0.2) is 0 Å². The summed E-state index contributed by atoms with van der Waals surface area (Å²) in [6, 6.07) is 47.4. The van der Waals surface area contributed by atoms with Crippen LogP contribution in [0.4, 0.5) is 0 Å². The molecule has 4 nitrogen and oxygen atoms in total. The maximum atomic E-state index is 5.33. The fourth-order valence-electron chi connectivity index (χ4n) is 7.24. The van der Waals surface area contributed by atoms with Crippen LogP contribution in [0.3, 0.4) is 0 Å². The van der Waals surface area contributed by atoms with Gasteiger partial charge in [0, 0.05) is 52.3 Å². The Kier molecular flexibility index (Phi) is 5.84. The first-order chi connectivity index (χ1) is 23.8. The SMILES string of the molecule is c1cncc(-c2ccc(-c3ccc4ccc5ccc(-c6ccc7ccc8c(-c9cccnc9)ccc9ccc6c7c98)nc5c4n3)cc2)c1. The minimum Gasteiger partial charge on any atom is -0.264 e. The van der Waals surface area contributed by atoms with Crippen molar-refractivity contribution < 1.29 is 0 Å². The van der Waals surface area contributed by atoms with Crippen molar-refractivity contribution in [3.05, 3.63) is 158 Å². The highest BCUT2D eigenvalue weighted by atomic mass is 14.8. The molecule has 0 radical (unpaired) electrons. The van der Waals surface area contributed by atoms with E-state index in [9.17, 15) is 0 Å². The molecule has 0 saturated carbocycles. The first kappa shape index (κ1) is 26.7. The molecular formula is C44H26N4. The van der Waals surface area contributed by atoms with E-state index in [1.165, 1.54) is 37.9 Å². The standard InChI is InChI=1S/C44H26N4/c1-3-33(25-45-23-1)27-5-7-28(8-6-27)39-21-15-31-9-10-32-16-22-40(48-44(32)43(31)47-39)36-18-12-30-13-19-37-35(34-4-2-24-46-26-34)17-11-29-14-20-38(36)42(30)41(29)37/h1-26H. The van der Waals surface area contributed by atoms with Crippen LogP contribution in [0.2, 0.25) is 0 Å². The predicted octanol–water partition coefficient (Wildman–Crippen LogP) is 11.1. The van der Waals surface area contributed by atoms with Crippen LogP contribution in [0.25, 0.3) is 98.9 Å². The molecule has 4 aromatic heterocycles. The van der Waals surface area contributed by atoms with Gasteiger partial charge in [0.05, 0.1) is 22.4 Å². The molecule has 222 valence electrons. The Balaban J connectivity index is 1.13. The van der Waals surface area contributed by atoms with E-state index in [0.717, 1.165) is 61.0 Å². The molecule has 10 rings (SSSR count). The molecule has 0 atom stereocenters. The summed E-state index contributed by atoms with van der Waals surface area (Å²) in [6.45, 7) is 0. The summed E-state index contributed by atoms with van der Waals surface area (Å²) >= 11 is 0. The summed E-state index contributed by atoms with van der Waals surface area (Å²) in [5, 5.41) is 9.57. The zero-order chi connectivity index (χ0) is 31.6. The second-order valence-electron chi connectivity index (χ2n) is 12.3. The van der Waals surface area contributed by atoms with E-state index in [1.54, 1.807) is 6.20 Å². The number of benzene rings is 6. The molecule has 0 spiro atoms. The highest BCUT2D eigenvalue weighted by Gasteiger charge is 2.16. The Morgan fingerprint density at radius 2 is 0.833 bits per heavy atom. The van der Waals surface area contributed by atoms with Crippen LogP contribution in [0.5, 0.6) is 0 Å². The fraction of sp³-hybridized carbons (Fsp3) is 0. The molecule has 0 unspecified atom stereocenters. The van der Waals surface area contributed by atoms with Gasteiger partial charge in [0.25, 0.3) is 0 Å². The Morgan fingerprint density at radius 3 is 1.48 bits per heavy atom. The van der Waals surface area contributed by atoms with Crippen molar-refractivity contribution in [1.29, 1.82) is 0 Å². The van der Waals surface area contributed by atoms with Gasteiger partial charge in [-0.05, 0) is 73.3 Å². The van der Waals surface area contributed by atoms with Crippen LogP contribution in [0, 0.1) is 0 Å². The molecule has 0 N–H and O–H groups in total. The van der Waals surface area contributed by atoms with Crippen LogP contribution in [-0.2, 0) is 0 Å². The molecule has 48 heavy (non-hydrogen) atoms. The number of rotatable bonds is 4. The van der Waals surface area contributed by atoms with Gasteiger partial charge in [-0.25, -0.2) is 9.97 Å². The van der Waals surface area contributed by atoms with E-state index in [4.69, 9.17) is 9.97 Å². The largest absolute Gasteiger partial charge is 0.264 e. The van der Waals surface area contributed by atoms with Crippen LogP contribution in [0.1, 0.15) is 0 Å². The molecule has 4 heteroatoms. The molecule has 0 aliphatic carbocycles. The summed E-state index contributed by atoms with van der Waals surface area (Å²) in [5.74, 6) is 0. The number of nitrogens with zero attached hydrogens (tertiary/aromatic N) is 4. The van der Waals surface area contributed by atoms with E-state index in [-0.39, 0.29) is 0 Å². The third-order valence-electron chi connectivity index (χ3n) is 9.61. The highest BCUT2D eigenvalue weighted by molar-refractivity contribution is 6.27. The van der Waals surface area contributed by atoms with Gasteiger partial charge >= 0.3 is 0 Å². The first-order valence-corrected chi connectivity index (χ1v) is 16.1. The van der Waals surface area contributed by atoms with Gasteiger partial charge in [-0.15, -0.1) is 0 Å². The van der Waals surface area contributed by atoms with Crippen molar-refractivity contribution in [2.75, 3.05) is 0 Å². The zero-order valence-electron chi connectivity index (χ0n) is 25.8. The summed E-state index contributed by atoms with van der Waals surface area (Å²) in [5.41, 5.74) is 10.4. The molecule has 10 aromatic rings. The lowest BCUT2D eigenvalue weighted by molar-refractivity contribution is 1.33. The van der Waals surface area contributed by atoms with Gasteiger partial charge in [0.1, 0.15) is 0 Å². The maximum Gasteiger partial charge on any atom is 0.0972 e. The van der Waals surface area contributed by atoms with E-state index >= 15 is 0 Å². The van der Waals surface area contributed by atoms with Crippen molar-refractivity contribution in [3.63, 3.8) is 0 Å². The van der Waals surface area contributed by atoms with Crippen LogP contribution < -0.4 is 0 Å². The van der Waals surface area contributed by atoms with E-state index in [2.05, 4.69) is 131 Å². The predicted molar refractivity (Wildman–Crippen MR) is 198 cm³/mol. The smallest absolute Gasteiger partial charge is 0.0972 e. The van der Waals surface area contributed by atoms with Gasteiger partial charge in [-0.1, -0.05) is 109 Å². The monoisotopic (exact) mass is 610 g/mol. The number of fused-ring (bicyclic) bond motifs is 3. The summed E-state index contributed by atoms with van der Waals surface area (Å²) in [7, 11) is 0. The molecule has 0 amide bonds. The summed E-state index contributed by atoms with van der Waals surface area (Å²) in [6.07, 6.45) is 7.45. The summed E-state index contributed by atoms with van der Waals surface area (Å²) in [4.78, 5) is 19.2. The first-order valence-electron chi connectivity index (χ1n) is 16.1. The Hall–Kier alpha value is -6.52. The average Bonchev–Trinajstić information content (AvgIpc) is 3.17. The molecule has 6 aromatic carbocycles. The number of pyridine rings is 4. The van der Waals surface area contributed by atoms with Crippen molar-refractivity contribution in [2.45, 2.75) is 0 Å². The van der Waals surface area contributed by atoms with E-state index < -0.39 is 0 Å². The third kappa shape index (κ3) is 4.16. The lowest BCUT2D eigenvalue weighted by Gasteiger charge is -2.16. The Bertz CT molecular complexity index is 2810. The normalized spacial score (nSPS) is 11.8. The minimum atomic E-state index is 0.905. The molecule has 0 saturated heterocycles. The van der Waals surface area contributed by atoms with Gasteiger partial charge in [-0.2, -0.15) is 0 Å². The molecule has 4 heterocycles. The number of hydrogen-bond acceptors (Lipinski definition) is 4. The Labute approximate surface area is 276 Å². The molecular weight excluding hydrogens is 585 g/mol. The van der Waals surface area contributed by atoms with Crippen LogP contribution >= 0.6 is 0 Å². The zero-order valence-corrected chi connectivity index (χ0v) is 25.8. The quantitative estimate of drug-likeness (QED) is 0.186. The lowest BCUT2D eigenvalue weighted by atomic mass is 9.88. The van der Waals surface area contributed by atoms with Crippen molar-refractivity contribution >= 4 is 54.1 Å². The van der Waals surface area contributed by atoms with Gasteiger partial charge in [0.2, 0.25) is 0 Å². The fourth-order valence-corrected chi connectivity index (χ4v) is 7.24. The van der Waals surface area contributed by atoms with Gasteiger partial charge in [-0.3, -0.25) is 9.97 Å². The number of aromatic nitrogens is 4. The lowest BCUT2D eigenvalue weighted by Crippen LogP contribution is -1.93. The third-order valence-corrected chi connectivity index (χ3v) is 9.61. The van der Waals surface area contributed by atoms with E-state index in [1.807, 2.05) is 30.7 Å². The second kappa shape index (κ2) is 10.5. The van der Waals surface area contributed by atoms with Crippen molar-refractivity contribution in [2.24, 2.45) is 0 Å². The maximum absolute atomic E-state index is 5.33. The second-order valence-corrected chi connectivity index (χ2v) is 12.3. The van der Waals surface area contributed by atoms with Crippen LogP contribution in [0.15, 0.2) is 158 Å². The highest BCUT2D eigenvalue weighted by Crippen LogP contribution is 2.42. The van der Waals surface area contributed by atoms with Crippen molar-refractivity contribution in [1.82, 2.24) is 19.9 Å². The minimum absolute atomic E-state index is 0.905. The molecule has 0 fully saturated rings. The average molecular weight is 611 g/mol. The van der Waals surface area contributed by atoms with E-state index in [0.29, 0.717) is 0 Å². The number of hydrogen-bond donors (Lipinski definition) is 0. The van der Waals surface area contributed by atoms with Crippen LogP contribution in [-0.4, -0.2) is 19.9 Å². The molecule has 0 bridgehead atoms. The topological polar surface area (TPSA) is 51.6 Å².